The predicted molar refractivity (Wildman–Crippen MR) is 110 cm³/mol. The van der Waals surface area contributed by atoms with Crippen LogP contribution in [0, 0.1) is 0 Å². The Kier molecular flexibility index (Phi) is 6.50. The molecular weight excluding hydrogens is 470 g/mol. The second kappa shape index (κ2) is 8.93. The summed E-state index contributed by atoms with van der Waals surface area (Å²) in [6.07, 6.45) is 0. The van der Waals surface area contributed by atoms with Crippen LogP contribution in [0.4, 0.5) is 0 Å². The van der Waals surface area contributed by atoms with Crippen LogP contribution in [0.5, 0.6) is 17.2 Å². The van der Waals surface area contributed by atoms with E-state index < -0.39 is 34.0 Å². The lowest BCUT2D eigenvalue weighted by Crippen LogP contribution is -2.47. The van der Waals surface area contributed by atoms with Gasteiger partial charge in [-0.25, -0.2) is 0 Å². The van der Waals surface area contributed by atoms with Crippen LogP contribution < -0.4 is 12.5 Å². The highest BCUT2D eigenvalue weighted by Crippen LogP contribution is 2.25. The Hall–Kier alpha value is -3.13. The number of hydrogen-bond acceptors (Lipinski definition) is 9. The van der Waals surface area contributed by atoms with E-state index in [0.29, 0.717) is 0 Å². The molecule has 10 nitrogen and oxygen atoms in total. The molecule has 0 saturated heterocycles. The molecule has 3 rings (SSSR count). The van der Waals surface area contributed by atoms with E-state index in [1.165, 1.54) is 72.8 Å². The first-order chi connectivity index (χ1) is 14.6. The zero-order chi connectivity index (χ0) is 22.5. The molecule has 0 spiro atoms. The van der Waals surface area contributed by atoms with Crippen LogP contribution in [0.15, 0.2) is 91.0 Å². The smallest absolute Gasteiger partial charge is 0.369 e. The fourth-order valence-electron chi connectivity index (χ4n) is 2.22. The van der Waals surface area contributed by atoms with Crippen LogP contribution >= 0.6 is 0 Å². The van der Waals surface area contributed by atoms with E-state index in [-0.39, 0.29) is 17.2 Å². The van der Waals surface area contributed by atoms with Crippen molar-refractivity contribution in [2.24, 2.45) is 0 Å². The van der Waals surface area contributed by atoms with E-state index >= 15 is 0 Å². The molecule has 0 saturated carbocycles. The van der Waals surface area contributed by atoms with Gasteiger partial charge in [-0.15, -0.1) is 0 Å². The molecule has 0 atom stereocenters. The van der Waals surface area contributed by atoms with Crippen LogP contribution in [-0.4, -0.2) is 28.4 Å². The summed E-state index contributed by atoms with van der Waals surface area (Å²) in [7, 11) is -16.6. The van der Waals surface area contributed by atoms with E-state index in [4.69, 9.17) is 12.5 Å². The van der Waals surface area contributed by atoms with Crippen molar-refractivity contribution in [3.63, 3.8) is 0 Å². The summed E-state index contributed by atoms with van der Waals surface area (Å²) in [5.41, 5.74) is 0. The molecule has 0 N–H and O–H groups in total. The third kappa shape index (κ3) is 5.73. The Morgan fingerprint density at radius 2 is 0.645 bits per heavy atom. The van der Waals surface area contributed by atoms with Gasteiger partial charge in [0.25, 0.3) is 0 Å². The highest BCUT2D eigenvalue weighted by Gasteiger charge is 2.50. The molecule has 0 heterocycles. The first kappa shape index (κ1) is 22.6. The molecule has 0 aliphatic heterocycles. The fourth-order valence-corrected chi connectivity index (χ4v) is 6.70. The Morgan fingerprint density at radius 1 is 0.419 bits per heavy atom. The topological polar surface area (TPSA) is 133 Å². The summed E-state index contributed by atoms with van der Waals surface area (Å²) in [5.74, 6) is -1.01. The minimum Gasteiger partial charge on any atom is -0.369 e. The Balaban J connectivity index is 2.06. The average molecular weight is 486 g/mol. The fraction of sp³-hybridized carbons (Fsp3) is 0. The van der Waals surface area contributed by atoms with Gasteiger partial charge in [0.2, 0.25) is 0 Å². The van der Waals surface area contributed by atoms with Gasteiger partial charge >= 0.3 is 30.9 Å². The molecule has 0 fully saturated rings. The van der Waals surface area contributed by atoms with Gasteiger partial charge < -0.3 is 12.5 Å². The van der Waals surface area contributed by atoms with Crippen molar-refractivity contribution in [2.45, 2.75) is 0 Å². The largest absolute Gasteiger partial charge is 0.418 e. The normalized spacial score (nSPS) is 12.3. The average Bonchev–Trinajstić information content (AvgIpc) is 2.68. The SMILES string of the molecule is O=S(=O)(Oc1ccccc1)N(S(=O)(=O)Oc1ccccc1)S(=O)(=O)Oc1ccccc1. The van der Waals surface area contributed by atoms with Gasteiger partial charge in [0.1, 0.15) is 20.4 Å². The molecule has 0 unspecified atom stereocenters. The lowest BCUT2D eigenvalue weighted by atomic mass is 10.3. The molecule has 0 aliphatic carbocycles. The third-order valence-electron chi connectivity index (χ3n) is 3.38. The molecule has 0 aliphatic rings. The van der Waals surface area contributed by atoms with Gasteiger partial charge in [0.15, 0.2) is 0 Å². The van der Waals surface area contributed by atoms with Crippen LogP contribution in [0.3, 0.4) is 0 Å². The highest BCUT2D eigenvalue weighted by atomic mass is 32.4. The van der Waals surface area contributed by atoms with Crippen molar-refractivity contribution in [1.29, 1.82) is 0 Å². The first-order valence-corrected chi connectivity index (χ1v) is 12.5. The van der Waals surface area contributed by atoms with E-state index in [0.717, 1.165) is 0 Å². The van der Waals surface area contributed by atoms with E-state index in [1.54, 1.807) is 18.2 Å². The molecule has 13 heteroatoms. The number of nitrogens with zero attached hydrogens (tertiary/aromatic N) is 1. The second-order valence-electron chi connectivity index (χ2n) is 5.70. The van der Waals surface area contributed by atoms with Gasteiger partial charge in [-0.2, -0.15) is 25.3 Å². The van der Waals surface area contributed by atoms with Gasteiger partial charge in [-0.1, -0.05) is 54.6 Å². The maximum Gasteiger partial charge on any atom is 0.418 e. The second-order valence-corrected chi connectivity index (χ2v) is 10.6. The summed E-state index contributed by atoms with van der Waals surface area (Å²) in [4.78, 5) is 0. The van der Waals surface area contributed by atoms with E-state index in [2.05, 4.69) is 0 Å². The Morgan fingerprint density at radius 3 is 0.871 bits per heavy atom. The minimum absolute atomic E-state index is 0.336. The lowest BCUT2D eigenvalue weighted by Gasteiger charge is -2.20. The number of rotatable bonds is 9. The molecule has 3 aromatic rings. The molecule has 0 aromatic heterocycles. The molecule has 3 aromatic carbocycles. The summed E-state index contributed by atoms with van der Waals surface area (Å²) in [5, 5.41) is 0. The van der Waals surface area contributed by atoms with E-state index in [1.807, 2.05) is 0 Å². The maximum absolute atomic E-state index is 12.8. The lowest BCUT2D eigenvalue weighted by molar-refractivity contribution is 0.404. The standard InChI is InChI=1S/C18H15NO9S3/c20-29(21,26-16-10-4-1-5-11-16)19(30(22,23)27-17-12-6-2-7-13-17)31(24,25)28-18-14-8-3-9-15-18/h1-15H. The molecule has 0 bridgehead atoms. The van der Waals surface area contributed by atoms with Crippen molar-refractivity contribution < 1.29 is 37.8 Å². The van der Waals surface area contributed by atoms with Crippen molar-refractivity contribution in [3.05, 3.63) is 91.0 Å². The minimum atomic E-state index is -5.52. The first-order valence-electron chi connectivity index (χ1n) is 8.39. The summed E-state index contributed by atoms with van der Waals surface area (Å²) < 4.78 is 89.7. The van der Waals surface area contributed by atoms with Crippen molar-refractivity contribution in [3.8, 4) is 17.2 Å². The van der Waals surface area contributed by atoms with Gasteiger partial charge in [0.05, 0.1) is 0 Å². The van der Waals surface area contributed by atoms with Gasteiger partial charge in [0, 0.05) is 0 Å². The molecule has 0 radical (unpaired) electrons. The molecular formula is C18H15NO9S3. The number of para-hydroxylation sites is 3. The molecule has 0 amide bonds. The Bertz CT molecular complexity index is 1160. The van der Waals surface area contributed by atoms with Gasteiger partial charge in [-0.3, -0.25) is 0 Å². The monoisotopic (exact) mass is 485 g/mol. The van der Waals surface area contributed by atoms with Crippen LogP contribution in [-0.2, 0) is 30.9 Å². The zero-order valence-corrected chi connectivity index (χ0v) is 18.0. The summed E-state index contributed by atoms with van der Waals surface area (Å²) >= 11 is 0. The van der Waals surface area contributed by atoms with Crippen molar-refractivity contribution in [1.82, 2.24) is 3.12 Å². The Labute approximate surface area is 180 Å². The van der Waals surface area contributed by atoms with Crippen molar-refractivity contribution in [2.75, 3.05) is 0 Å². The highest BCUT2D eigenvalue weighted by molar-refractivity contribution is 8.13. The van der Waals surface area contributed by atoms with Crippen LogP contribution in [0.2, 0.25) is 0 Å². The zero-order valence-electron chi connectivity index (χ0n) is 15.5. The quantitative estimate of drug-likeness (QED) is 0.447. The molecule has 31 heavy (non-hydrogen) atoms. The van der Waals surface area contributed by atoms with E-state index in [9.17, 15) is 25.3 Å². The predicted octanol–water partition coefficient (Wildman–Crippen LogP) is 2.26. The number of hydrogen-bond donors (Lipinski definition) is 0. The van der Waals surface area contributed by atoms with Crippen LogP contribution in [0.25, 0.3) is 0 Å². The summed E-state index contributed by atoms with van der Waals surface area (Å²) in [6.45, 7) is 0. The van der Waals surface area contributed by atoms with Crippen LogP contribution in [0.1, 0.15) is 0 Å². The third-order valence-corrected chi connectivity index (χ3v) is 8.97. The number of benzene rings is 3. The summed E-state index contributed by atoms with van der Waals surface area (Å²) in [6, 6.07) is 20.2. The van der Waals surface area contributed by atoms with Gasteiger partial charge in [-0.05, 0) is 36.4 Å². The van der Waals surface area contributed by atoms with Crippen molar-refractivity contribution >= 4 is 30.9 Å². The maximum atomic E-state index is 12.8. The molecule has 164 valence electrons.